The third kappa shape index (κ3) is 2.62. The summed E-state index contributed by atoms with van der Waals surface area (Å²) in [4.78, 5) is 0. The summed E-state index contributed by atoms with van der Waals surface area (Å²) in [5.41, 5.74) is 2.42. The minimum Gasteiger partial charge on any atom is -0.462 e. The number of hydrogen-bond acceptors (Lipinski definition) is 1. The predicted molar refractivity (Wildman–Crippen MR) is 56.0 cm³/mol. The molecule has 0 spiro atoms. The van der Waals surface area contributed by atoms with Crippen LogP contribution in [0.2, 0.25) is 0 Å². The Bertz CT molecular complexity index is 313. The van der Waals surface area contributed by atoms with Crippen LogP contribution in [0.1, 0.15) is 24.5 Å². The first kappa shape index (κ1) is 9.85. The Kier molecular flexibility index (Phi) is 3.13. The molecule has 13 heavy (non-hydrogen) atoms. The standard InChI is InChI=1S/C12H16O/c1-5-11(4)13-12-7-6-9(2)8-10(12)3/h6-8H,4-5H2,1-3H3. The summed E-state index contributed by atoms with van der Waals surface area (Å²) in [5.74, 6) is 1.73. The highest BCUT2D eigenvalue weighted by Crippen LogP contribution is 2.21. The van der Waals surface area contributed by atoms with Crippen molar-refractivity contribution in [2.45, 2.75) is 27.2 Å². The molecule has 0 heterocycles. The van der Waals surface area contributed by atoms with Gasteiger partial charge in [0.05, 0.1) is 5.76 Å². The Hall–Kier alpha value is -1.24. The van der Waals surface area contributed by atoms with Gasteiger partial charge in [0, 0.05) is 6.42 Å². The lowest BCUT2D eigenvalue weighted by atomic mass is 10.1. The van der Waals surface area contributed by atoms with Crippen LogP contribution in [0.15, 0.2) is 30.5 Å². The summed E-state index contributed by atoms with van der Waals surface area (Å²) in [6, 6.07) is 6.15. The molecule has 0 amide bonds. The van der Waals surface area contributed by atoms with Gasteiger partial charge < -0.3 is 4.74 Å². The largest absolute Gasteiger partial charge is 0.462 e. The number of rotatable bonds is 3. The van der Waals surface area contributed by atoms with E-state index in [4.69, 9.17) is 4.74 Å². The molecule has 1 heteroatoms. The van der Waals surface area contributed by atoms with Crippen LogP contribution < -0.4 is 4.74 Å². The first-order valence-electron chi connectivity index (χ1n) is 4.56. The highest BCUT2D eigenvalue weighted by molar-refractivity contribution is 5.36. The molecule has 0 atom stereocenters. The summed E-state index contributed by atoms with van der Waals surface area (Å²) in [7, 11) is 0. The van der Waals surface area contributed by atoms with Crippen molar-refractivity contribution in [2.24, 2.45) is 0 Å². The minimum atomic E-state index is 0.812. The highest BCUT2D eigenvalue weighted by atomic mass is 16.5. The summed E-state index contributed by atoms with van der Waals surface area (Å²) in [6.07, 6.45) is 0.854. The SMILES string of the molecule is C=C(CC)Oc1ccc(C)cc1C. The molecule has 0 radical (unpaired) electrons. The molecule has 0 bridgehead atoms. The summed E-state index contributed by atoms with van der Waals surface area (Å²) in [6.45, 7) is 9.97. The minimum absolute atomic E-state index is 0.812. The van der Waals surface area contributed by atoms with Gasteiger partial charge in [-0.2, -0.15) is 0 Å². The Balaban J connectivity index is 2.83. The molecule has 0 N–H and O–H groups in total. The van der Waals surface area contributed by atoms with Gasteiger partial charge in [-0.15, -0.1) is 0 Å². The highest BCUT2D eigenvalue weighted by Gasteiger charge is 2.00. The molecule has 1 aromatic carbocycles. The average molecular weight is 176 g/mol. The number of ether oxygens (including phenoxy) is 1. The van der Waals surface area contributed by atoms with E-state index < -0.39 is 0 Å². The predicted octanol–water partition coefficient (Wildman–Crippen LogP) is 3.61. The lowest BCUT2D eigenvalue weighted by molar-refractivity contribution is 0.409. The molecule has 0 fully saturated rings. The van der Waals surface area contributed by atoms with Gasteiger partial charge in [0.25, 0.3) is 0 Å². The second-order valence-electron chi connectivity index (χ2n) is 3.26. The van der Waals surface area contributed by atoms with Gasteiger partial charge in [-0.3, -0.25) is 0 Å². The molecular weight excluding hydrogens is 160 g/mol. The summed E-state index contributed by atoms with van der Waals surface area (Å²) >= 11 is 0. The van der Waals surface area contributed by atoms with Gasteiger partial charge in [0.2, 0.25) is 0 Å². The van der Waals surface area contributed by atoms with Gasteiger partial charge in [-0.1, -0.05) is 31.2 Å². The molecule has 0 saturated heterocycles. The fraction of sp³-hybridized carbons (Fsp3) is 0.333. The Morgan fingerprint density at radius 1 is 1.38 bits per heavy atom. The van der Waals surface area contributed by atoms with Gasteiger partial charge >= 0.3 is 0 Å². The van der Waals surface area contributed by atoms with Gasteiger partial charge in [0.15, 0.2) is 0 Å². The molecule has 1 nitrogen and oxygen atoms in total. The number of allylic oxidation sites excluding steroid dienone is 1. The van der Waals surface area contributed by atoms with E-state index in [1.165, 1.54) is 5.56 Å². The third-order valence-electron chi connectivity index (χ3n) is 1.98. The number of benzene rings is 1. The Labute approximate surface area is 80.0 Å². The van der Waals surface area contributed by atoms with Crippen LogP contribution >= 0.6 is 0 Å². The molecule has 0 aliphatic carbocycles. The molecular formula is C12H16O. The van der Waals surface area contributed by atoms with Crippen LogP contribution in [-0.2, 0) is 0 Å². The summed E-state index contributed by atoms with van der Waals surface area (Å²) in [5, 5.41) is 0. The van der Waals surface area contributed by atoms with Crippen LogP contribution in [0.3, 0.4) is 0 Å². The van der Waals surface area contributed by atoms with Crippen molar-refractivity contribution in [3.63, 3.8) is 0 Å². The number of hydrogen-bond donors (Lipinski definition) is 0. The maximum Gasteiger partial charge on any atom is 0.129 e. The summed E-state index contributed by atoms with van der Waals surface area (Å²) < 4.78 is 5.55. The van der Waals surface area contributed by atoms with Crippen molar-refractivity contribution >= 4 is 0 Å². The average Bonchev–Trinajstić information content (AvgIpc) is 2.09. The first-order chi connectivity index (χ1) is 6.13. The lowest BCUT2D eigenvalue weighted by Crippen LogP contribution is -1.94. The van der Waals surface area contributed by atoms with E-state index in [1.54, 1.807) is 0 Å². The zero-order valence-electron chi connectivity index (χ0n) is 8.55. The fourth-order valence-corrected chi connectivity index (χ4v) is 1.14. The molecule has 1 rings (SSSR count). The molecule has 0 aromatic heterocycles. The van der Waals surface area contributed by atoms with E-state index in [9.17, 15) is 0 Å². The van der Waals surface area contributed by atoms with Crippen molar-refractivity contribution < 1.29 is 4.74 Å². The molecule has 0 unspecified atom stereocenters. The normalized spacial score (nSPS) is 9.77. The quantitative estimate of drug-likeness (QED) is 0.639. The number of aryl methyl sites for hydroxylation is 2. The molecule has 0 saturated carbocycles. The van der Waals surface area contributed by atoms with Gasteiger partial charge in [-0.25, -0.2) is 0 Å². The van der Waals surface area contributed by atoms with Crippen molar-refractivity contribution in [3.05, 3.63) is 41.7 Å². The van der Waals surface area contributed by atoms with Crippen molar-refractivity contribution in [1.29, 1.82) is 0 Å². The maximum absolute atomic E-state index is 5.55. The van der Waals surface area contributed by atoms with E-state index >= 15 is 0 Å². The van der Waals surface area contributed by atoms with Crippen molar-refractivity contribution in [3.8, 4) is 5.75 Å². The van der Waals surface area contributed by atoms with Gasteiger partial charge in [-0.05, 0) is 25.5 Å². The van der Waals surface area contributed by atoms with Gasteiger partial charge in [0.1, 0.15) is 5.75 Å². The van der Waals surface area contributed by atoms with Crippen molar-refractivity contribution in [2.75, 3.05) is 0 Å². The van der Waals surface area contributed by atoms with E-state index in [1.807, 2.05) is 26.0 Å². The monoisotopic (exact) mass is 176 g/mol. The van der Waals surface area contributed by atoms with E-state index in [0.29, 0.717) is 0 Å². The maximum atomic E-state index is 5.55. The van der Waals surface area contributed by atoms with E-state index in [0.717, 1.165) is 23.5 Å². The van der Waals surface area contributed by atoms with E-state index in [2.05, 4.69) is 19.6 Å². The van der Waals surface area contributed by atoms with Crippen LogP contribution in [0.5, 0.6) is 5.75 Å². The van der Waals surface area contributed by atoms with Crippen LogP contribution in [0, 0.1) is 13.8 Å². The zero-order valence-corrected chi connectivity index (χ0v) is 8.55. The smallest absolute Gasteiger partial charge is 0.129 e. The second-order valence-corrected chi connectivity index (χ2v) is 3.26. The fourth-order valence-electron chi connectivity index (χ4n) is 1.14. The Morgan fingerprint density at radius 2 is 2.08 bits per heavy atom. The van der Waals surface area contributed by atoms with E-state index in [-0.39, 0.29) is 0 Å². The zero-order chi connectivity index (χ0) is 9.84. The molecule has 0 aliphatic heterocycles. The van der Waals surface area contributed by atoms with Crippen LogP contribution in [-0.4, -0.2) is 0 Å². The molecule has 0 aliphatic rings. The van der Waals surface area contributed by atoms with Crippen molar-refractivity contribution in [1.82, 2.24) is 0 Å². The first-order valence-corrected chi connectivity index (χ1v) is 4.56. The topological polar surface area (TPSA) is 9.23 Å². The molecule has 1 aromatic rings. The lowest BCUT2D eigenvalue weighted by Gasteiger charge is -2.09. The van der Waals surface area contributed by atoms with Crippen LogP contribution in [0.4, 0.5) is 0 Å². The third-order valence-corrected chi connectivity index (χ3v) is 1.98. The Morgan fingerprint density at radius 3 is 2.62 bits per heavy atom. The van der Waals surface area contributed by atoms with Crippen LogP contribution in [0.25, 0.3) is 0 Å². The molecule has 70 valence electrons. The second kappa shape index (κ2) is 4.13.